The maximum atomic E-state index is 14.0. The second-order valence-electron chi connectivity index (χ2n) is 8.23. The minimum atomic E-state index is -4.98. The zero-order chi connectivity index (χ0) is 26.0. The fourth-order valence-electron chi connectivity index (χ4n) is 3.87. The highest BCUT2D eigenvalue weighted by molar-refractivity contribution is 5.81. The van der Waals surface area contributed by atoms with E-state index in [-0.39, 0.29) is 23.3 Å². The molecular formula is C28H21F3N2O4. The van der Waals surface area contributed by atoms with E-state index in [1.807, 2.05) is 43.3 Å². The number of fused-ring (bicyclic) bond motifs is 1. The quantitative estimate of drug-likeness (QED) is 0.239. The van der Waals surface area contributed by atoms with Crippen molar-refractivity contribution in [3.63, 3.8) is 0 Å². The number of aromatic nitrogens is 2. The van der Waals surface area contributed by atoms with E-state index in [0.29, 0.717) is 23.4 Å². The molecule has 0 radical (unpaired) electrons. The number of hydrogen-bond donors (Lipinski definition) is 0. The Balaban J connectivity index is 1.55. The first-order valence-corrected chi connectivity index (χ1v) is 11.5. The number of para-hydroxylation sites is 1. The maximum Gasteiger partial charge on any atom is 0.453 e. The Hall–Kier alpha value is -4.53. The van der Waals surface area contributed by atoms with Crippen LogP contribution in [-0.2, 0) is 19.2 Å². The van der Waals surface area contributed by atoms with Crippen LogP contribution in [0.4, 0.5) is 13.2 Å². The molecule has 2 heterocycles. The summed E-state index contributed by atoms with van der Waals surface area (Å²) in [6, 6.07) is 21.1. The van der Waals surface area contributed by atoms with Crippen LogP contribution in [0.1, 0.15) is 23.8 Å². The van der Waals surface area contributed by atoms with Gasteiger partial charge in [-0.1, -0.05) is 55.5 Å². The first-order valence-electron chi connectivity index (χ1n) is 11.5. The van der Waals surface area contributed by atoms with Crippen LogP contribution in [0.15, 0.2) is 94.4 Å². The molecule has 0 saturated heterocycles. The molecule has 0 atom stereocenters. The third-order valence-electron chi connectivity index (χ3n) is 5.71. The van der Waals surface area contributed by atoms with Gasteiger partial charge in [0, 0.05) is 6.07 Å². The third kappa shape index (κ3) is 5.06. The van der Waals surface area contributed by atoms with Crippen molar-refractivity contribution in [1.82, 2.24) is 9.78 Å². The normalized spacial score (nSPS) is 11.6. The van der Waals surface area contributed by atoms with Crippen molar-refractivity contribution in [1.29, 1.82) is 0 Å². The van der Waals surface area contributed by atoms with Crippen LogP contribution in [0, 0.1) is 0 Å². The number of benzene rings is 3. The Morgan fingerprint density at radius 2 is 1.70 bits per heavy atom. The molecule has 0 saturated carbocycles. The van der Waals surface area contributed by atoms with Crippen LogP contribution in [-0.4, -0.2) is 9.78 Å². The fourth-order valence-corrected chi connectivity index (χ4v) is 3.87. The molecule has 9 heteroatoms. The van der Waals surface area contributed by atoms with Crippen molar-refractivity contribution in [2.75, 3.05) is 0 Å². The molecule has 0 bridgehead atoms. The summed E-state index contributed by atoms with van der Waals surface area (Å²) in [5.41, 5.74) is 1.03. The van der Waals surface area contributed by atoms with Crippen LogP contribution in [0.3, 0.4) is 0 Å². The lowest BCUT2D eigenvalue weighted by Gasteiger charge is -2.15. The van der Waals surface area contributed by atoms with E-state index in [2.05, 4.69) is 5.10 Å². The number of aryl methyl sites for hydroxylation is 1. The largest absolute Gasteiger partial charge is 0.488 e. The molecule has 6 nitrogen and oxygen atoms in total. The molecule has 0 unspecified atom stereocenters. The van der Waals surface area contributed by atoms with Gasteiger partial charge in [-0.2, -0.15) is 18.3 Å². The first kappa shape index (κ1) is 24.2. The number of alkyl halides is 3. The fraction of sp³-hybridized carbons (Fsp3) is 0.143. The van der Waals surface area contributed by atoms with E-state index in [1.54, 1.807) is 24.3 Å². The van der Waals surface area contributed by atoms with Gasteiger partial charge in [-0.05, 0) is 35.7 Å². The van der Waals surface area contributed by atoms with Crippen LogP contribution < -0.4 is 14.9 Å². The van der Waals surface area contributed by atoms with Gasteiger partial charge in [-0.25, -0.2) is 4.68 Å². The van der Waals surface area contributed by atoms with Crippen molar-refractivity contribution in [3.8, 4) is 22.9 Å². The molecule has 0 N–H and O–H groups in total. The Morgan fingerprint density at radius 3 is 2.38 bits per heavy atom. The monoisotopic (exact) mass is 506 g/mol. The summed E-state index contributed by atoms with van der Waals surface area (Å²) in [6.07, 6.45) is -1.88. The SMILES string of the molecule is CCc1cc2c(=O)c(Oc3cnn(-c4ccccc4)c3)c(C(F)(F)F)oc2cc1OCc1ccccc1. The molecule has 0 amide bonds. The van der Waals surface area contributed by atoms with Gasteiger partial charge in [0.2, 0.25) is 11.2 Å². The highest BCUT2D eigenvalue weighted by atomic mass is 19.4. The zero-order valence-corrected chi connectivity index (χ0v) is 19.7. The second kappa shape index (κ2) is 9.85. The van der Waals surface area contributed by atoms with Crippen molar-refractivity contribution in [2.45, 2.75) is 26.1 Å². The lowest BCUT2D eigenvalue weighted by Crippen LogP contribution is -2.15. The average Bonchev–Trinajstić information content (AvgIpc) is 3.37. The van der Waals surface area contributed by atoms with Crippen LogP contribution >= 0.6 is 0 Å². The predicted octanol–water partition coefficient (Wildman–Crippen LogP) is 6.93. The van der Waals surface area contributed by atoms with Crippen molar-refractivity contribution >= 4 is 11.0 Å². The summed E-state index contributed by atoms with van der Waals surface area (Å²) in [6.45, 7) is 2.07. The first-order chi connectivity index (χ1) is 17.8. The highest BCUT2D eigenvalue weighted by Gasteiger charge is 2.40. The van der Waals surface area contributed by atoms with Crippen molar-refractivity contribution < 1.29 is 27.1 Å². The minimum Gasteiger partial charge on any atom is -0.488 e. The van der Waals surface area contributed by atoms with E-state index < -0.39 is 23.1 Å². The molecule has 0 aliphatic carbocycles. The molecule has 0 aliphatic rings. The number of nitrogens with zero attached hydrogens (tertiary/aromatic N) is 2. The Kier molecular flexibility index (Phi) is 6.43. The number of rotatable bonds is 7. The average molecular weight is 506 g/mol. The Labute approximate surface area is 209 Å². The molecule has 2 aromatic heterocycles. The van der Waals surface area contributed by atoms with E-state index in [1.165, 1.54) is 29.2 Å². The van der Waals surface area contributed by atoms with Crippen LogP contribution in [0.5, 0.6) is 17.2 Å². The third-order valence-corrected chi connectivity index (χ3v) is 5.71. The zero-order valence-electron chi connectivity index (χ0n) is 19.7. The van der Waals surface area contributed by atoms with Crippen LogP contribution in [0.25, 0.3) is 16.7 Å². The number of halogens is 3. The molecule has 37 heavy (non-hydrogen) atoms. The summed E-state index contributed by atoms with van der Waals surface area (Å²) in [4.78, 5) is 13.3. The van der Waals surface area contributed by atoms with E-state index in [0.717, 1.165) is 5.56 Å². The minimum absolute atomic E-state index is 0.0395. The van der Waals surface area contributed by atoms with Crippen molar-refractivity contribution in [2.24, 2.45) is 0 Å². The summed E-state index contributed by atoms with van der Waals surface area (Å²) >= 11 is 0. The molecule has 5 aromatic rings. The van der Waals surface area contributed by atoms with Gasteiger partial charge >= 0.3 is 6.18 Å². The van der Waals surface area contributed by atoms with Gasteiger partial charge in [0.05, 0.1) is 23.5 Å². The van der Waals surface area contributed by atoms with Crippen molar-refractivity contribution in [3.05, 3.63) is 112 Å². The summed E-state index contributed by atoms with van der Waals surface area (Å²) in [5, 5.41) is 4.07. The predicted molar refractivity (Wildman–Crippen MR) is 131 cm³/mol. The van der Waals surface area contributed by atoms with E-state index in [9.17, 15) is 18.0 Å². The molecule has 0 spiro atoms. The number of hydrogen-bond acceptors (Lipinski definition) is 5. The topological polar surface area (TPSA) is 66.5 Å². The molecule has 188 valence electrons. The van der Waals surface area contributed by atoms with Gasteiger partial charge in [-0.3, -0.25) is 4.79 Å². The van der Waals surface area contributed by atoms with E-state index in [4.69, 9.17) is 13.9 Å². The molecule has 0 fully saturated rings. The molecule has 0 aliphatic heterocycles. The molecule has 5 rings (SSSR count). The summed E-state index contributed by atoms with van der Waals surface area (Å²) in [7, 11) is 0. The second-order valence-corrected chi connectivity index (χ2v) is 8.23. The lowest BCUT2D eigenvalue weighted by atomic mass is 10.1. The van der Waals surface area contributed by atoms with Gasteiger partial charge in [-0.15, -0.1) is 0 Å². The maximum absolute atomic E-state index is 14.0. The lowest BCUT2D eigenvalue weighted by molar-refractivity contribution is -0.154. The number of ether oxygens (including phenoxy) is 2. The van der Waals surface area contributed by atoms with E-state index >= 15 is 0 Å². The van der Waals surface area contributed by atoms with Crippen LogP contribution in [0.2, 0.25) is 0 Å². The molecule has 3 aromatic carbocycles. The Bertz CT molecular complexity index is 1590. The van der Waals surface area contributed by atoms with Gasteiger partial charge < -0.3 is 13.9 Å². The standard InChI is InChI=1S/C28H21F3N2O4/c1-2-19-13-22-24(14-23(19)35-17-18-9-5-3-6-10-18)37-27(28(29,30)31)26(25(22)34)36-21-15-32-33(16-21)20-11-7-4-8-12-20/h3-16H,2,17H2,1H3. The summed E-state index contributed by atoms with van der Waals surface area (Å²) < 4.78 is 59.9. The van der Waals surface area contributed by atoms with Gasteiger partial charge in [0.15, 0.2) is 5.75 Å². The molecular weight excluding hydrogens is 485 g/mol. The summed E-state index contributed by atoms with van der Waals surface area (Å²) in [5.74, 6) is -2.18. The van der Waals surface area contributed by atoms with Gasteiger partial charge in [0.1, 0.15) is 17.9 Å². The Morgan fingerprint density at radius 1 is 1.00 bits per heavy atom. The smallest absolute Gasteiger partial charge is 0.453 e. The van der Waals surface area contributed by atoms with Gasteiger partial charge in [0.25, 0.3) is 5.76 Å². The highest BCUT2D eigenvalue weighted by Crippen LogP contribution is 2.39.